The van der Waals surface area contributed by atoms with Gasteiger partial charge in [0, 0.05) is 16.6 Å². The van der Waals surface area contributed by atoms with Crippen molar-refractivity contribution in [3.05, 3.63) is 50.6 Å². The van der Waals surface area contributed by atoms with Crippen molar-refractivity contribution < 1.29 is 19.1 Å². The molecular formula is C16H17NO5S. The summed E-state index contributed by atoms with van der Waals surface area (Å²) in [5.41, 5.74) is 1.11. The predicted octanol–water partition coefficient (Wildman–Crippen LogP) is 2.04. The van der Waals surface area contributed by atoms with Gasteiger partial charge in [-0.15, -0.1) is 0 Å². The van der Waals surface area contributed by atoms with Crippen molar-refractivity contribution in [1.29, 1.82) is 0 Å². The molecule has 0 aliphatic heterocycles. The molecule has 1 atom stereocenters. The van der Waals surface area contributed by atoms with E-state index in [0.29, 0.717) is 17.0 Å². The Morgan fingerprint density at radius 3 is 2.43 bits per heavy atom. The number of methoxy groups -OCH3 is 1. The van der Waals surface area contributed by atoms with E-state index in [-0.39, 0.29) is 17.2 Å². The van der Waals surface area contributed by atoms with E-state index in [1.165, 1.54) is 18.6 Å². The van der Waals surface area contributed by atoms with Gasteiger partial charge in [-0.2, -0.15) is 0 Å². The number of carbonyl (C=O) groups excluding carboxylic acids is 2. The van der Waals surface area contributed by atoms with E-state index < -0.39 is 12.1 Å². The normalized spacial score (nSPS) is 11.8. The lowest BCUT2D eigenvalue weighted by Gasteiger charge is -2.13. The van der Waals surface area contributed by atoms with E-state index in [2.05, 4.69) is 0 Å². The number of esters is 1. The Balaban J connectivity index is 2.00. The van der Waals surface area contributed by atoms with Crippen LogP contribution in [0, 0.1) is 6.92 Å². The van der Waals surface area contributed by atoms with Gasteiger partial charge in [-0.1, -0.05) is 11.3 Å². The quantitative estimate of drug-likeness (QED) is 0.596. The van der Waals surface area contributed by atoms with E-state index in [4.69, 9.17) is 9.47 Å². The van der Waals surface area contributed by atoms with Gasteiger partial charge in [-0.25, -0.2) is 0 Å². The summed E-state index contributed by atoms with van der Waals surface area (Å²) in [6.07, 6.45) is -0.925. The zero-order valence-electron chi connectivity index (χ0n) is 13.1. The topological polar surface area (TPSA) is 74.6 Å². The van der Waals surface area contributed by atoms with Crippen molar-refractivity contribution in [3.63, 3.8) is 0 Å². The smallest absolute Gasteiger partial charge is 0.326 e. The molecule has 1 aromatic carbocycles. The van der Waals surface area contributed by atoms with Gasteiger partial charge in [0.2, 0.25) is 5.78 Å². The fraction of sp³-hybridized carbons (Fsp3) is 0.312. The molecule has 7 heteroatoms. The van der Waals surface area contributed by atoms with Crippen LogP contribution in [0.15, 0.2) is 34.4 Å². The monoisotopic (exact) mass is 335 g/mol. The summed E-state index contributed by atoms with van der Waals surface area (Å²) in [5.74, 6) is -0.295. The number of ether oxygens (including phenoxy) is 2. The Labute approximate surface area is 137 Å². The van der Waals surface area contributed by atoms with Gasteiger partial charge in [-0.3, -0.25) is 19.0 Å². The number of benzene rings is 1. The largest absolute Gasteiger partial charge is 0.497 e. The number of hydrogen-bond acceptors (Lipinski definition) is 6. The molecule has 1 aromatic heterocycles. The van der Waals surface area contributed by atoms with Crippen LogP contribution in [-0.4, -0.2) is 29.5 Å². The minimum atomic E-state index is -0.925. The molecule has 2 rings (SSSR count). The number of Topliss-reactive ketones (excluding diaryl/α,β-unsaturated/α-hetero) is 1. The molecule has 0 bridgehead atoms. The molecule has 0 fully saturated rings. The first-order valence-corrected chi connectivity index (χ1v) is 7.83. The highest BCUT2D eigenvalue weighted by atomic mass is 32.1. The van der Waals surface area contributed by atoms with E-state index in [1.54, 1.807) is 36.6 Å². The van der Waals surface area contributed by atoms with Crippen LogP contribution in [-0.2, 0) is 16.1 Å². The summed E-state index contributed by atoms with van der Waals surface area (Å²) in [6.45, 7) is 3.04. The molecule has 0 aliphatic rings. The second kappa shape index (κ2) is 7.23. The lowest BCUT2D eigenvalue weighted by Crippen LogP contribution is -2.29. The number of hydrogen-bond donors (Lipinski definition) is 0. The zero-order valence-corrected chi connectivity index (χ0v) is 13.9. The summed E-state index contributed by atoms with van der Waals surface area (Å²) < 4.78 is 11.5. The molecule has 6 nitrogen and oxygen atoms in total. The van der Waals surface area contributed by atoms with Gasteiger partial charge >= 0.3 is 10.8 Å². The Kier molecular flexibility index (Phi) is 5.33. The Bertz CT molecular complexity index is 760. The van der Waals surface area contributed by atoms with Crippen molar-refractivity contribution in [3.8, 4) is 5.75 Å². The molecule has 0 amide bonds. The third kappa shape index (κ3) is 4.07. The van der Waals surface area contributed by atoms with Crippen molar-refractivity contribution >= 4 is 23.1 Å². The van der Waals surface area contributed by atoms with Crippen molar-refractivity contribution in [2.45, 2.75) is 26.5 Å². The third-order valence-electron chi connectivity index (χ3n) is 3.32. The van der Waals surface area contributed by atoms with E-state index >= 15 is 0 Å². The summed E-state index contributed by atoms with van der Waals surface area (Å²) in [4.78, 5) is 35.5. The summed E-state index contributed by atoms with van der Waals surface area (Å²) in [5, 5.41) is 1.67. The average molecular weight is 335 g/mol. The molecule has 0 radical (unpaired) electrons. The lowest BCUT2D eigenvalue weighted by atomic mass is 10.1. The van der Waals surface area contributed by atoms with Crippen LogP contribution in [0.2, 0.25) is 0 Å². The minimum Gasteiger partial charge on any atom is -0.497 e. The van der Waals surface area contributed by atoms with Gasteiger partial charge in [0.25, 0.3) is 0 Å². The zero-order chi connectivity index (χ0) is 17.0. The van der Waals surface area contributed by atoms with Crippen LogP contribution < -0.4 is 9.61 Å². The van der Waals surface area contributed by atoms with Crippen molar-refractivity contribution in [2.75, 3.05) is 7.11 Å². The SMILES string of the molecule is COc1ccc(C(=O)[C@H](C)OC(=O)Cn2c(C)csc2=O)cc1. The van der Waals surface area contributed by atoms with Crippen LogP contribution in [0.25, 0.3) is 0 Å². The molecule has 1 heterocycles. The van der Waals surface area contributed by atoms with Crippen LogP contribution in [0.3, 0.4) is 0 Å². The van der Waals surface area contributed by atoms with Crippen molar-refractivity contribution in [2.24, 2.45) is 0 Å². The minimum absolute atomic E-state index is 0.200. The molecule has 0 aliphatic carbocycles. The van der Waals surface area contributed by atoms with Gasteiger partial charge in [-0.05, 0) is 38.1 Å². The van der Waals surface area contributed by atoms with Gasteiger partial charge in [0.1, 0.15) is 12.3 Å². The fourth-order valence-corrected chi connectivity index (χ4v) is 2.74. The van der Waals surface area contributed by atoms with Crippen LogP contribution >= 0.6 is 11.3 Å². The van der Waals surface area contributed by atoms with Gasteiger partial charge in [0.05, 0.1) is 7.11 Å². The maximum Gasteiger partial charge on any atom is 0.326 e. The summed E-state index contributed by atoms with van der Waals surface area (Å²) >= 11 is 1.02. The maximum absolute atomic E-state index is 12.2. The first kappa shape index (κ1) is 17.0. The number of thiazole rings is 1. The van der Waals surface area contributed by atoms with E-state index in [0.717, 1.165) is 11.3 Å². The Morgan fingerprint density at radius 2 is 1.91 bits per heavy atom. The highest BCUT2D eigenvalue weighted by Crippen LogP contribution is 2.14. The van der Waals surface area contributed by atoms with E-state index in [1.807, 2.05) is 0 Å². The molecule has 23 heavy (non-hydrogen) atoms. The lowest BCUT2D eigenvalue weighted by molar-refractivity contribution is -0.147. The number of ketones is 1. The average Bonchev–Trinajstić information content (AvgIpc) is 2.86. The third-order valence-corrected chi connectivity index (χ3v) is 4.20. The fourth-order valence-electron chi connectivity index (χ4n) is 2.00. The molecule has 2 aromatic rings. The number of carbonyl (C=O) groups is 2. The highest BCUT2D eigenvalue weighted by molar-refractivity contribution is 7.07. The van der Waals surface area contributed by atoms with Gasteiger partial charge < -0.3 is 9.47 Å². The van der Waals surface area contributed by atoms with Crippen LogP contribution in [0.1, 0.15) is 23.0 Å². The molecule has 0 spiro atoms. The number of rotatable bonds is 6. The molecule has 0 saturated carbocycles. The Hall–Kier alpha value is -2.41. The molecular weight excluding hydrogens is 318 g/mol. The summed E-state index contributed by atoms with van der Waals surface area (Å²) in [7, 11) is 1.54. The van der Waals surface area contributed by atoms with E-state index in [9.17, 15) is 14.4 Å². The summed E-state index contributed by atoms with van der Waals surface area (Å²) in [6, 6.07) is 6.55. The van der Waals surface area contributed by atoms with Gasteiger partial charge in [0.15, 0.2) is 6.10 Å². The second-order valence-electron chi connectivity index (χ2n) is 4.95. The Morgan fingerprint density at radius 1 is 1.26 bits per heavy atom. The molecule has 0 unspecified atom stereocenters. The number of nitrogens with zero attached hydrogens (tertiary/aromatic N) is 1. The van der Waals surface area contributed by atoms with Crippen molar-refractivity contribution in [1.82, 2.24) is 4.57 Å². The first-order chi connectivity index (χ1) is 10.9. The first-order valence-electron chi connectivity index (χ1n) is 6.95. The molecule has 122 valence electrons. The molecule has 0 N–H and O–H groups in total. The predicted molar refractivity (Wildman–Crippen MR) is 86.2 cm³/mol. The molecule has 0 saturated heterocycles. The standard InChI is InChI=1S/C16H17NO5S/c1-10-9-23-16(20)17(10)8-14(18)22-11(2)15(19)12-4-6-13(21-3)7-5-12/h4-7,9,11H,8H2,1-3H3/t11-/m0/s1. The maximum atomic E-state index is 12.2. The number of aromatic nitrogens is 1. The second-order valence-corrected chi connectivity index (χ2v) is 5.77. The highest BCUT2D eigenvalue weighted by Gasteiger charge is 2.20. The number of aryl methyl sites for hydroxylation is 1. The van der Waals surface area contributed by atoms with Crippen LogP contribution in [0.5, 0.6) is 5.75 Å². The van der Waals surface area contributed by atoms with Crippen LogP contribution in [0.4, 0.5) is 0 Å².